The molecule has 2 rings (SSSR count). The van der Waals surface area contributed by atoms with Crippen LogP contribution in [0.25, 0.3) is 0 Å². The fourth-order valence-corrected chi connectivity index (χ4v) is 2.30. The average Bonchev–Trinajstić information content (AvgIpc) is 2.81. The van der Waals surface area contributed by atoms with Crippen LogP contribution in [0.4, 0.5) is 5.82 Å². The largest absolute Gasteiger partial charge is 0.464 e. The van der Waals surface area contributed by atoms with Crippen molar-refractivity contribution in [3.8, 4) is 0 Å². The molecule has 0 aliphatic carbocycles. The SMILES string of the molecule is CCOC(=O)C1CCCN1c1nc(C)cnc1C. The molecule has 0 amide bonds. The van der Waals surface area contributed by atoms with Crippen LogP contribution in [0.5, 0.6) is 0 Å². The summed E-state index contributed by atoms with van der Waals surface area (Å²) in [5.41, 5.74) is 1.72. The summed E-state index contributed by atoms with van der Waals surface area (Å²) >= 11 is 0. The zero-order valence-corrected chi connectivity index (χ0v) is 11.1. The Morgan fingerprint density at radius 1 is 1.56 bits per heavy atom. The quantitative estimate of drug-likeness (QED) is 0.762. The highest BCUT2D eigenvalue weighted by Gasteiger charge is 2.33. The van der Waals surface area contributed by atoms with Crippen LogP contribution in [-0.4, -0.2) is 35.1 Å². The monoisotopic (exact) mass is 249 g/mol. The number of anilines is 1. The molecule has 1 atom stereocenters. The Kier molecular flexibility index (Phi) is 3.79. The Hall–Kier alpha value is -1.65. The number of carbonyl (C=O) groups excluding carboxylic acids is 1. The molecule has 0 saturated carbocycles. The van der Waals surface area contributed by atoms with Crippen molar-refractivity contribution in [1.29, 1.82) is 0 Å². The molecule has 0 spiro atoms. The van der Waals surface area contributed by atoms with Crippen LogP contribution in [0, 0.1) is 13.8 Å². The number of hydrogen-bond donors (Lipinski definition) is 0. The zero-order valence-electron chi connectivity index (χ0n) is 11.1. The van der Waals surface area contributed by atoms with Crippen LogP contribution in [0.2, 0.25) is 0 Å². The van der Waals surface area contributed by atoms with E-state index in [-0.39, 0.29) is 12.0 Å². The molecule has 0 aromatic carbocycles. The Labute approximate surface area is 107 Å². The third-order valence-electron chi connectivity index (χ3n) is 3.13. The van der Waals surface area contributed by atoms with E-state index < -0.39 is 0 Å². The second-order valence-electron chi connectivity index (χ2n) is 4.52. The first-order valence-electron chi connectivity index (χ1n) is 6.37. The van der Waals surface area contributed by atoms with Crippen LogP contribution in [0.15, 0.2) is 6.20 Å². The van der Waals surface area contributed by atoms with E-state index in [0.29, 0.717) is 6.61 Å². The summed E-state index contributed by atoms with van der Waals surface area (Å²) in [7, 11) is 0. The molecule has 0 radical (unpaired) electrons. The Morgan fingerprint density at radius 3 is 3.06 bits per heavy atom. The lowest BCUT2D eigenvalue weighted by Crippen LogP contribution is -2.38. The molecule has 2 heterocycles. The van der Waals surface area contributed by atoms with Gasteiger partial charge in [0.25, 0.3) is 0 Å². The van der Waals surface area contributed by atoms with E-state index in [0.717, 1.165) is 36.6 Å². The summed E-state index contributed by atoms with van der Waals surface area (Å²) in [6.07, 6.45) is 3.56. The second kappa shape index (κ2) is 5.33. The van der Waals surface area contributed by atoms with E-state index >= 15 is 0 Å². The zero-order chi connectivity index (χ0) is 13.1. The minimum absolute atomic E-state index is 0.155. The molecule has 0 bridgehead atoms. The van der Waals surface area contributed by atoms with Gasteiger partial charge >= 0.3 is 5.97 Å². The molecule has 0 N–H and O–H groups in total. The van der Waals surface area contributed by atoms with Crippen molar-refractivity contribution in [3.63, 3.8) is 0 Å². The predicted octanol–water partition coefficient (Wildman–Crippen LogP) is 1.63. The van der Waals surface area contributed by atoms with E-state index in [1.54, 1.807) is 6.20 Å². The van der Waals surface area contributed by atoms with Crippen molar-refractivity contribution in [1.82, 2.24) is 9.97 Å². The van der Waals surface area contributed by atoms with E-state index in [9.17, 15) is 4.79 Å². The molecule has 1 aromatic heterocycles. The summed E-state index contributed by atoms with van der Waals surface area (Å²) < 4.78 is 5.12. The van der Waals surface area contributed by atoms with Gasteiger partial charge in [-0.2, -0.15) is 0 Å². The van der Waals surface area contributed by atoms with Crippen LogP contribution in [0.3, 0.4) is 0 Å². The van der Waals surface area contributed by atoms with E-state index in [1.165, 1.54) is 0 Å². The minimum Gasteiger partial charge on any atom is -0.464 e. The number of rotatable bonds is 3. The van der Waals surface area contributed by atoms with Gasteiger partial charge in [0.05, 0.1) is 18.0 Å². The maximum Gasteiger partial charge on any atom is 0.328 e. The van der Waals surface area contributed by atoms with Gasteiger partial charge in [0.15, 0.2) is 5.82 Å². The van der Waals surface area contributed by atoms with Crippen molar-refractivity contribution >= 4 is 11.8 Å². The van der Waals surface area contributed by atoms with Gasteiger partial charge in [0.2, 0.25) is 0 Å². The third-order valence-corrected chi connectivity index (χ3v) is 3.13. The fourth-order valence-electron chi connectivity index (χ4n) is 2.30. The van der Waals surface area contributed by atoms with Gasteiger partial charge in [0.1, 0.15) is 6.04 Å². The van der Waals surface area contributed by atoms with Crippen molar-refractivity contribution in [2.45, 2.75) is 39.7 Å². The number of hydrogen-bond acceptors (Lipinski definition) is 5. The molecule has 1 saturated heterocycles. The topological polar surface area (TPSA) is 55.3 Å². The Bertz CT molecular complexity index is 448. The lowest BCUT2D eigenvalue weighted by molar-refractivity contribution is -0.144. The van der Waals surface area contributed by atoms with Crippen LogP contribution in [0.1, 0.15) is 31.2 Å². The van der Waals surface area contributed by atoms with Gasteiger partial charge in [-0.3, -0.25) is 4.98 Å². The van der Waals surface area contributed by atoms with Crippen molar-refractivity contribution < 1.29 is 9.53 Å². The molecule has 18 heavy (non-hydrogen) atoms. The molecule has 98 valence electrons. The molecular formula is C13H19N3O2. The average molecular weight is 249 g/mol. The maximum atomic E-state index is 11.9. The lowest BCUT2D eigenvalue weighted by atomic mass is 10.2. The standard InChI is InChI=1S/C13H19N3O2/c1-4-18-13(17)11-6-5-7-16(11)12-10(3)14-8-9(2)15-12/h8,11H,4-7H2,1-3H3. The number of aromatic nitrogens is 2. The highest BCUT2D eigenvalue weighted by atomic mass is 16.5. The molecule has 5 nitrogen and oxygen atoms in total. The predicted molar refractivity (Wildman–Crippen MR) is 68.5 cm³/mol. The Morgan fingerprint density at radius 2 is 2.33 bits per heavy atom. The van der Waals surface area contributed by atoms with Gasteiger partial charge in [-0.05, 0) is 33.6 Å². The normalized spacial score (nSPS) is 19.1. The highest BCUT2D eigenvalue weighted by molar-refractivity contribution is 5.80. The molecular weight excluding hydrogens is 230 g/mol. The number of aryl methyl sites for hydroxylation is 2. The second-order valence-corrected chi connectivity index (χ2v) is 4.52. The van der Waals surface area contributed by atoms with Crippen LogP contribution < -0.4 is 4.90 Å². The molecule has 1 aliphatic rings. The minimum atomic E-state index is -0.209. The van der Waals surface area contributed by atoms with Gasteiger partial charge in [-0.15, -0.1) is 0 Å². The maximum absolute atomic E-state index is 11.9. The van der Waals surface area contributed by atoms with Crippen LogP contribution in [-0.2, 0) is 9.53 Å². The van der Waals surface area contributed by atoms with E-state index in [4.69, 9.17) is 4.74 Å². The highest BCUT2D eigenvalue weighted by Crippen LogP contribution is 2.26. The molecule has 1 fully saturated rings. The molecule has 1 unspecified atom stereocenters. The van der Waals surface area contributed by atoms with Gasteiger partial charge in [-0.1, -0.05) is 0 Å². The molecule has 1 aliphatic heterocycles. The summed E-state index contributed by atoms with van der Waals surface area (Å²) in [5.74, 6) is 0.656. The van der Waals surface area contributed by atoms with Crippen molar-refractivity contribution in [2.24, 2.45) is 0 Å². The van der Waals surface area contributed by atoms with Gasteiger partial charge in [-0.25, -0.2) is 9.78 Å². The van der Waals surface area contributed by atoms with Gasteiger partial charge < -0.3 is 9.64 Å². The summed E-state index contributed by atoms with van der Waals surface area (Å²) in [6.45, 7) is 6.91. The number of ether oxygens (including phenoxy) is 1. The van der Waals surface area contributed by atoms with Crippen molar-refractivity contribution in [3.05, 3.63) is 17.6 Å². The van der Waals surface area contributed by atoms with E-state index in [1.807, 2.05) is 25.7 Å². The molecule has 5 heteroatoms. The van der Waals surface area contributed by atoms with Crippen molar-refractivity contribution in [2.75, 3.05) is 18.1 Å². The third kappa shape index (κ3) is 2.44. The number of carbonyl (C=O) groups is 1. The lowest BCUT2D eigenvalue weighted by Gasteiger charge is -2.25. The van der Waals surface area contributed by atoms with Gasteiger partial charge in [0, 0.05) is 12.7 Å². The fraction of sp³-hybridized carbons (Fsp3) is 0.615. The molecule has 1 aromatic rings. The first-order chi connectivity index (χ1) is 8.63. The van der Waals surface area contributed by atoms with E-state index in [2.05, 4.69) is 9.97 Å². The summed E-state index contributed by atoms with van der Waals surface area (Å²) in [4.78, 5) is 22.7. The number of esters is 1. The Balaban J connectivity index is 2.25. The first kappa shape index (κ1) is 12.8. The number of nitrogens with zero attached hydrogens (tertiary/aromatic N) is 3. The summed E-state index contributed by atoms with van der Waals surface area (Å²) in [6, 6.07) is -0.209. The summed E-state index contributed by atoms with van der Waals surface area (Å²) in [5, 5.41) is 0. The first-order valence-corrected chi connectivity index (χ1v) is 6.37. The smallest absolute Gasteiger partial charge is 0.328 e. The van der Waals surface area contributed by atoms with Crippen LogP contribution >= 0.6 is 0 Å².